The third kappa shape index (κ3) is 14.6. The van der Waals surface area contributed by atoms with Crippen LogP contribution in [0.25, 0.3) is 0 Å². The molecule has 1 atom stereocenters. The van der Waals surface area contributed by atoms with Crippen LogP contribution in [0.2, 0.25) is 4.28 Å². The average molecular weight is 248 g/mol. The van der Waals surface area contributed by atoms with Crippen molar-refractivity contribution in [3.05, 3.63) is 24.3 Å². The molecule has 0 aliphatic heterocycles. The van der Waals surface area contributed by atoms with Gasteiger partial charge in [0.15, 0.2) is 0 Å². The second-order valence-electron chi connectivity index (χ2n) is 2.66. The van der Waals surface area contributed by atoms with Crippen molar-refractivity contribution in [2.75, 3.05) is 0 Å². The number of allylic oxidation sites excluding steroid dienone is 4. The molecule has 14 heavy (non-hydrogen) atoms. The fraction of sp³-hybridized carbons (Fsp3) is 0.429. The molecule has 4 nitrogen and oxygen atoms in total. The summed E-state index contributed by atoms with van der Waals surface area (Å²) in [6.07, 6.45) is 9.72. The minimum atomic E-state index is -0.833. The Morgan fingerprint density at radius 1 is 1.29 bits per heavy atom. The van der Waals surface area contributed by atoms with Crippen LogP contribution >= 0.6 is 17.4 Å². The summed E-state index contributed by atoms with van der Waals surface area (Å²) in [6.45, 7) is 2.21. The first-order valence-electron chi connectivity index (χ1n) is 3.60. The SMILES string of the molecule is C[C]1([Al+2])C=CC=CC1.O=PO.O=PO. The summed E-state index contributed by atoms with van der Waals surface area (Å²) >= 11 is 2.83. The summed E-state index contributed by atoms with van der Waals surface area (Å²) in [6, 6.07) is 0. The van der Waals surface area contributed by atoms with Crippen molar-refractivity contribution in [2.24, 2.45) is 0 Å². The van der Waals surface area contributed by atoms with E-state index >= 15 is 0 Å². The maximum absolute atomic E-state index is 8.46. The van der Waals surface area contributed by atoms with E-state index in [4.69, 9.17) is 18.9 Å². The monoisotopic (exact) mass is 248 g/mol. The molecule has 2 N–H and O–H groups in total. The zero-order chi connectivity index (χ0) is 11.4. The number of rotatable bonds is 0. The molecule has 0 aromatic heterocycles. The molecule has 0 aromatic carbocycles. The quantitative estimate of drug-likeness (QED) is 0.509. The van der Waals surface area contributed by atoms with Gasteiger partial charge in [0.05, 0.1) is 0 Å². The molecule has 7 heteroatoms. The van der Waals surface area contributed by atoms with E-state index in [-0.39, 0.29) is 0 Å². The van der Waals surface area contributed by atoms with E-state index in [2.05, 4.69) is 47.5 Å². The third-order valence-electron chi connectivity index (χ3n) is 1.28. The topological polar surface area (TPSA) is 74.6 Å². The molecule has 0 saturated heterocycles. The zero-order valence-corrected chi connectivity index (χ0v) is 10.6. The number of hydrogen-bond donors (Lipinski definition) is 2. The average Bonchev–Trinajstić information content (AvgIpc) is 2.06. The Hall–Kier alpha value is 0.132. The smallest absolute Gasteiger partial charge is 0.310 e. The zero-order valence-electron chi connectivity index (χ0n) is 7.70. The standard InChI is InChI=1S/C7H9.Al.2HO2P/c1-7-5-3-2-4-6-7;;2*1-3-2/h2-5H,6H2,1H3;;2*(H,1,2)/q;+2;;. The maximum atomic E-state index is 8.46. The summed E-state index contributed by atoms with van der Waals surface area (Å²) in [5.74, 6) is 0. The van der Waals surface area contributed by atoms with Crippen LogP contribution in [-0.2, 0) is 9.13 Å². The molecule has 1 aliphatic rings. The first-order valence-corrected chi connectivity index (χ1v) is 5.71. The molecule has 0 saturated carbocycles. The maximum Gasteiger partial charge on any atom is 0.324 e. The normalized spacial score (nSPS) is 23.5. The molecule has 1 rings (SSSR count). The molecule has 0 spiro atoms. The van der Waals surface area contributed by atoms with Crippen molar-refractivity contribution in [3.63, 3.8) is 0 Å². The van der Waals surface area contributed by atoms with E-state index in [1.807, 2.05) is 0 Å². The van der Waals surface area contributed by atoms with Gasteiger partial charge in [-0.15, -0.1) is 0 Å². The van der Waals surface area contributed by atoms with Crippen molar-refractivity contribution in [1.82, 2.24) is 0 Å². The van der Waals surface area contributed by atoms with Gasteiger partial charge in [0, 0.05) is 0 Å². The van der Waals surface area contributed by atoms with Crippen LogP contribution in [0.4, 0.5) is 0 Å². The van der Waals surface area contributed by atoms with Gasteiger partial charge in [-0.2, -0.15) is 0 Å². The molecular weight excluding hydrogens is 237 g/mol. The Labute approximate surface area is 94.7 Å². The fourth-order valence-corrected chi connectivity index (χ4v) is 0.991. The molecule has 0 fully saturated rings. The minimum Gasteiger partial charge on any atom is -0.310 e. The van der Waals surface area contributed by atoms with Gasteiger partial charge in [-0.3, -0.25) is 0 Å². The Bertz CT molecular complexity index is 210. The van der Waals surface area contributed by atoms with Crippen LogP contribution in [-0.4, -0.2) is 26.1 Å². The van der Waals surface area contributed by atoms with Gasteiger partial charge >= 0.3 is 75.6 Å². The predicted molar refractivity (Wildman–Crippen MR) is 56.7 cm³/mol. The third-order valence-corrected chi connectivity index (χ3v) is 1.71. The molecule has 0 heterocycles. The van der Waals surface area contributed by atoms with Gasteiger partial charge in [0.1, 0.15) is 0 Å². The van der Waals surface area contributed by atoms with E-state index in [0.717, 1.165) is 6.42 Å². The molecule has 1 aliphatic carbocycles. The van der Waals surface area contributed by atoms with Gasteiger partial charge in [0.2, 0.25) is 0 Å². The van der Waals surface area contributed by atoms with Crippen LogP contribution in [0.5, 0.6) is 0 Å². The van der Waals surface area contributed by atoms with Crippen LogP contribution < -0.4 is 0 Å². The summed E-state index contributed by atoms with van der Waals surface area (Å²) in [7, 11) is -1.67. The van der Waals surface area contributed by atoms with Crippen molar-refractivity contribution in [1.29, 1.82) is 0 Å². The molecule has 0 aromatic rings. The van der Waals surface area contributed by atoms with E-state index in [9.17, 15) is 0 Å². The van der Waals surface area contributed by atoms with Crippen molar-refractivity contribution >= 4 is 33.7 Å². The van der Waals surface area contributed by atoms with Crippen LogP contribution in [0.3, 0.4) is 0 Å². The van der Waals surface area contributed by atoms with Gasteiger partial charge in [-0.25, -0.2) is 9.13 Å². The van der Waals surface area contributed by atoms with E-state index < -0.39 is 17.4 Å². The second kappa shape index (κ2) is 11.2. The molecule has 74 valence electrons. The first kappa shape index (κ1) is 16.6. The molecular formula is C7H11AlO4P2+2. The van der Waals surface area contributed by atoms with Gasteiger partial charge in [-0.1, -0.05) is 0 Å². The van der Waals surface area contributed by atoms with Gasteiger partial charge in [0.25, 0.3) is 0 Å². The van der Waals surface area contributed by atoms with Crippen molar-refractivity contribution in [3.8, 4) is 0 Å². The fourth-order valence-electron chi connectivity index (χ4n) is 0.744. The number of hydrogen-bond acceptors (Lipinski definition) is 2. The summed E-state index contributed by atoms with van der Waals surface area (Å²) in [5.41, 5.74) is 0. The van der Waals surface area contributed by atoms with E-state index in [0.29, 0.717) is 4.28 Å². The first-order chi connectivity index (χ1) is 6.54. The second-order valence-corrected chi connectivity index (χ2v) is 4.31. The minimum absolute atomic E-state index is 0.328. The molecule has 0 bridgehead atoms. The molecule has 0 radical (unpaired) electrons. The Morgan fingerprint density at radius 3 is 1.86 bits per heavy atom. The Morgan fingerprint density at radius 2 is 1.71 bits per heavy atom. The summed E-state index contributed by atoms with van der Waals surface area (Å²) < 4.78 is 17.2. The Balaban J connectivity index is 0. The summed E-state index contributed by atoms with van der Waals surface area (Å²) in [5, 5.41) is 0. The predicted octanol–water partition coefficient (Wildman–Crippen LogP) is 2.22. The summed E-state index contributed by atoms with van der Waals surface area (Å²) in [4.78, 5) is 14.0. The van der Waals surface area contributed by atoms with Crippen LogP contribution in [0, 0.1) is 0 Å². The van der Waals surface area contributed by atoms with E-state index in [1.54, 1.807) is 0 Å². The van der Waals surface area contributed by atoms with Gasteiger partial charge in [-0.05, 0) is 0 Å². The van der Waals surface area contributed by atoms with Gasteiger partial charge < -0.3 is 9.79 Å². The van der Waals surface area contributed by atoms with Crippen LogP contribution in [0.1, 0.15) is 13.3 Å². The molecule has 0 amide bonds. The van der Waals surface area contributed by atoms with Crippen molar-refractivity contribution in [2.45, 2.75) is 17.6 Å². The Kier molecular flexibility index (Phi) is 13.3. The largest absolute Gasteiger partial charge is 0.324 e. The van der Waals surface area contributed by atoms with Crippen molar-refractivity contribution < 1.29 is 18.9 Å². The molecule has 1 unspecified atom stereocenters. The van der Waals surface area contributed by atoms with E-state index in [1.165, 1.54) is 0 Å². The van der Waals surface area contributed by atoms with Crippen LogP contribution in [0.15, 0.2) is 24.3 Å².